The topological polar surface area (TPSA) is 21.8 Å². The van der Waals surface area contributed by atoms with Gasteiger partial charge in [-0.25, -0.2) is 5.01 Å². The Bertz CT molecular complexity index is 475. The Hall–Kier alpha value is -1.52. The second-order valence-electron chi connectivity index (χ2n) is 5.29. The van der Waals surface area contributed by atoms with E-state index in [1.165, 1.54) is 16.9 Å². The molecule has 0 atom stereocenters. The summed E-state index contributed by atoms with van der Waals surface area (Å²) in [5.74, 6) is 0. The van der Waals surface area contributed by atoms with Crippen LogP contribution in [0.4, 0.5) is 11.4 Å². The van der Waals surface area contributed by atoms with E-state index in [4.69, 9.17) is 0 Å². The van der Waals surface area contributed by atoms with Gasteiger partial charge in [-0.05, 0) is 18.6 Å². The number of anilines is 2. The smallest absolute Gasteiger partial charge is 0.0628 e. The fourth-order valence-corrected chi connectivity index (χ4v) is 2.89. The highest BCUT2D eigenvalue weighted by molar-refractivity contribution is 5.70. The summed E-state index contributed by atoms with van der Waals surface area (Å²) in [6, 6.07) is 6.65. The zero-order valence-electron chi connectivity index (χ0n) is 11.8. The predicted molar refractivity (Wildman–Crippen MR) is 80.5 cm³/mol. The van der Waals surface area contributed by atoms with Crippen LogP contribution in [0, 0.1) is 0 Å². The molecule has 4 nitrogen and oxygen atoms in total. The van der Waals surface area contributed by atoms with Gasteiger partial charge in [0.1, 0.15) is 0 Å². The second-order valence-corrected chi connectivity index (χ2v) is 5.29. The molecular formula is C15H22N4. The van der Waals surface area contributed by atoms with E-state index >= 15 is 0 Å². The Morgan fingerprint density at radius 1 is 1.11 bits per heavy atom. The summed E-state index contributed by atoms with van der Waals surface area (Å²) < 4.78 is 0. The maximum Gasteiger partial charge on any atom is 0.0628 e. The molecule has 3 rings (SSSR count). The molecule has 1 aromatic carbocycles. The number of hydrazine groups is 1. The van der Waals surface area contributed by atoms with Gasteiger partial charge in [-0.2, -0.15) is 0 Å². The fraction of sp³-hybridized carbons (Fsp3) is 0.467. The van der Waals surface area contributed by atoms with Gasteiger partial charge in [-0.3, -0.25) is 5.01 Å². The van der Waals surface area contributed by atoms with Crippen LogP contribution in [0.25, 0.3) is 0 Å². The molecule has 2 aliphatic heterocycles. The maximum atomic E-state index is 3.42. The maximum absolute atomic E-state index is 3.42. The quantitative estimate of drug-likeness (QED) is 0.866. The van der Waals surface area contributed by atoms with E-state index in [0.717, 1.165) is 32.6 Å². The molecule has 1 fully saturated rings. The number of allylic oxidation sites excluding steroid dienone is 1. The molecular weight excluding hydrogens is 236 g/mol. The Morgan fingerprint density at radius 3 is 2.58 bits per heavy atom. The minimum Gasteiger partial charge on any atom is -0.369 e. The minimum atomic E-state index is 1.03. The molecule has 0 radical (unpaired) electrons. The molecule has 0 bridgehead atoms. The van der Waals surface area contributed by atoms with Crippen LogP contribution >= 0.6 is 0 Å². The Kier molecular flexibility index (Phi) is 3.44. The van der Waals surface area contributed by atoms with Crippen LogP contribution in [0.3, 0.4) is 0 Å². The molecule has 1 aromatic rings. The summed E-state index contributed by atoms with van der Waals surface area (Å²) in [5, 5.41) is 7.75. The first kappa shape index (κ1) is 12.5. The molecule has 0 aliphatic carbocycles. The van der Waals surface area contributed by atoms with Gasteiger partial charge in [0.05, 0.1) is 5.69 Å². The highest BCUT2D eigenvalue weighted by Crippen LogP contribution is 2.34. The number of hydrogen-bond donors (Lipinski definition) is 1. The SMILES string of the molecule is CN(C)N1C=CCc2c(N3CCNCC3)cccc21. The Balaban J connectivity index is 1.97. The first-order valence-electron chi connectivity index (χ1n) is 6.98. The zero-order valence-corrected chi connectivity index (χ0v) is 11.8. The van der Waals surface area contributed by atoms with Crippen LogP contribution < -0.4 is 15.2 Å². The lowest BCUT2D eigenvalue weighted by atomic mass is 10.0. The van der Waals surface area contributed by atoms with Gasteiger partial charge in [0, 0.05) is 57.7 Å². The minimum absolute atomic E-state index is 1.03. The van der Waals surface area contributed by atoms with Crippen molar-refractivity contribution in [2.24, 2.45) is 0 Å². The molecule has 0 aromatic heterocycles. The molecule has 1 saturated heterocycles. The van der Waals surface area contributed by atoms with Gasteiger partial charge in [0.2, 0.25) is 0 Å². The van der Waals surface area contributed by atoms with Crippen molar-refractivity contribution in [2.75, 3.05) is 50.2 Å². The predicted octanol–water partition coefficient (Wildman–Crippen LogP) is 1.45. The number of benzene rings is 1. The van der Waals surface area contributed by atoms with Crippen molar-refractivity contribution < 1.29 is 0 Å². The lowest BCUT2D eigenvalue weighted by molar-refractivity contribution is 0.410. The molecule has 4 heteroatoms. The van der Waals surface area contributed by atoms with E-state index in [9.17, 15) is 0 Å². The van der Waals surface area contributed by atoms with E-state index in [0.29, 0.717) is 0 Å². The number of rotatable bonds is 2. The van der Waals surface area contributed by atoms with Crippen LogP contribution in [-0.2, 0) is 6.42 Å². The number of nitrogens with zero attached hydrogens (tertiary/aromatic N) is 3. The van der Waals surface area contributed by atoms with Crippen LogP contribution in [0.1, 0.15) is 5.56 Å². The normalized spacial score (nSPS) is 18.9. The number of fused-ring (bicyclic) bond motifs is 1. The first-order valence-corrected chi connectivity index (χ1v) is 6.98. The van der Waals surface area contributed by atoms with Crippen molar-refractivity contribution in [1.82, 2.24) is 10.3 Å². The molecule has 1 N–H and O–H groups in total. The third-order valence-electron chi connectivity index (χ3n) is 3.83. The third-order valence-corrected chi connectivity index (χ3v) is 3.83. The van der Waals surface area contributed by atoms with Crippen molar-refractivity contribution in [3.63, 3.8) is 0 Å². The van der Waals surface area contributed by atoms with Crippen molar-refractivity contribution in [1.29, 1.82) is 0 Å². The molecule has 0 spiro atoms. The standard InChI is InChI=1S/C15H22N4/c1-17(2)19-10-4-5-13-14(6-3-7-15(13)19)18-11-8-16-9-12-18/h3-4,6-7,10,16H,5,8-9,11-12H2,1-2H3. The van der Waals surface area contributed by atoms with Crippen LogP contribution in [-0.4, -0.2) is 45.3 Å². The van der Waals surface area contributed by atoms with Crippen molar-refractivity contribution in [3.05, 3.63) is 36.0 Å². The summed E-state index contributed by atoms with van der Waals surface area (Å²) in [7, 11) is 4.16. The molecule has 2 heterocycles. The number of piperazine rings is 1. The van der Waals surface area contributed by atoms with Crippen LogP contribution in [0.5, 0.6) is 0 Å². The third kappa shape index (κ3) is 2.33. The first-order chi connectivity index (χ1) is 9.27. The summed E-state index contributed by atoms with van der Waals surface area (Å²) >= 11 is 0. The van der Waals surface area contributed by atoms with Gasteiger partial charge >= 0.3 is 0 Å². The lowest BCUT2D eigenvalue weighted by Gasteiger charge is -2.36. The van der Waals surface area contributed by atoms with E-state index in [1.54, 1.807) is 0 Å². The summed E-state index contributed by atoms with van der Waals surface area (Å²) in [6.07, 6.45) is 5.43. The lowest BCUT2D eigenvalue weighted by Crippen LogP contribution is -2.44. The molecule has 2 aliphatic rings. The van der Waals surface area contributed by atoms with Gasteiger partial charge in [-0.1, -0.05) is 12.1 Å². The summed E-state index contributed by atoms with van der Waals surface area (Å²) in [5.41, 5.74) is 4.15. The molecule has 0 amide bonds. The molecule has 19 heavy (non-hydrogen) atoms. The fourth-order valence-electron chi connectivity index (χ4n) is 2.89. The molecule has 0 unspecified atom stereocenters. The van der Waals surface area contributed by atoms with Gasteiger partial charge < -0.3 is 10.2 Å². The van der Waals surface area contributed by atoms with Crippen molar-refractivity contribution >= 4 is 11.4 Å². The van der Waals surface area contributed by atoms with E-state index in [1.807, 2.05) is 0 Å². The van der Waals surface area contributed by atoms with Gasteiger partial charge in [-0.15, -0.1) is 0 Å². The summed E-state index contributed by atoms with van der Waals surface area (Å²) in [4.78, 5) is 2.50. The zero-order chi connectivity index (χ0) is 13.2. The van der Waals surface area contributed by atoms with Gasteiger partial charge in [0.15, 0.2) is 0 Å². The van der Waals surface area contributed by atoms with E-state index < -0.39 is 0 Å². The highest BCUT2D eigenvalue weighted by atomic mass is 15.6. The highest BCUT2D eigenvalue weighted by Gasteiger charge is 2.21. The van der Waals surface area contributed by atoms with Crippen molar-refractivity contribution in [2.45, 2.75) is 6.42 Å². The van der Waals surface area contributed by atoms with Crippen LogP contribution in [0.2, 0.25) is 0 Å². The second kappa shape index (κ2) is 5.23. The Labute approximate surface area is 115 Å². The van der Waals surface area contributed by atoms with Crippen molar-refractivity contribution in [3.8, 4) is 0 Å². The van der Waals surface area contributed by atoms with E-state index in [-0.39, 0.29) is 0 Å². The average Bonchev–Trinajstić information content (AvgIpc) is 2.46. The van der Waals surface area contributed by atoms with Gasteiger partial charge in [0.25, 0.3) is 0 Å². The monoisotopic (exact) mass is 258 g/mol. The number of nitrogens with one attached hydrogen (secondary N) is 1. The summed E-state index contributed by atoms with van der Waals surface area (Å²) in [6.45, 7) is 4.36. The average molecular weight is 258 g/mol. The number of hydrogen-bond acceptors (Lipinski definition) is 4. The molecule has 0 saturated carbocycles. The van der Waals surface area contributed by atoms with Crippen LogP contribution in [0.15, 0.2) is 30.5 Å². The Morgan fingerprint density at radius 2 is 1.84 bits per heavy atom. The van der Waals surface area contributed by atoms with E-state index in [2.05, 4.69) is 64.8 Å². The largest absolute Gasteiger partial charge is 0.369 e. The molecule has 102 valence electrons.